The van der Waals surface area contributed by atoms with Crippen LogP contribution < -0.4 is 0 Å². The molecule has 0 atom stereocenters. The summed E-state index contributed by atoms with van der Waals surface area (Å²) in [6, 6.07) is 1.60. The number of carboxylic acid groups (broad SMARTS) is 1. The fourth-order valence-corrected chi connectivity index (χ4v) is 2.12. The number of likely N-dealkylation sites (N-methyl/N-ethyl adjacent to an activating group) is 2. The van der Waals surface area contributed by atoms with E-state index in [0.717, 1.165) is 6.08 Å². The van der Waals surface area contributed by atoms with Crippen molar-refractivity contribution in [2.24, 2.45) is 0 Å². The van der Waals surface area contributed by atoms with E-state index < -0.39 is 5.97 Å². The number of thiophene rings is 1. The summed E-state index contributed by atoms with van der Waals surface area (Å²) >= 11 is 1.27. The summed E-state index contributed by atoms with van der Waals surface area (Å²) in [5.41, 5.74) is 0.439. The molecule has 7 heteroatoms. The second-order valence-electron chi connectivity index (χ2n) is 4.36. The lowest BCUT2D eigenvalue weighted by Crippen LogP contribution is -2.37. The van der Waals surface area contributed by atoms with Gasteiger partial charge in [0.05, 0.1) is 12.1 Å². The van der Waals surface area contributed by atoms with Crippen LogP contribution in [-0.4, -0.2) is 60.4 Å². The lowest BCUT2D eigenvalue weighted by molar-refractivity contribution is -0.131. The second kappa shape index (κ2) is 6.85. The van der Waals surface area contributed by atoms with E-state index in [1.165, 1.54) is 27.2 Å². The average molecular weight is 296 g/mol. The Bertz CT molecular complexity index is 548. The van der Waals surface area contributed by atoms with Crippen molar-refractivity contribution < 1.29 is 19.5 Å². The number of carbonyl (C=O) groups is 3. The number of carbonyl (C=O) groups excluding carboxylic acids is 2. The molecule has 1 aromatic heterocycles. The van der Waals surface area contributed by atoms with Gasteiger partial charge < -0.3 is 14.9 Å². The molecule has 0 radical (unpaired) electrons. The van der Waals surface area contributed by atoms with Crippen LogP contribution in [0.25, 0.3) is 6.08 Å². The van der Waals surface area contributed by atoms with Gasteiger partial charge in [0, 0.05) is 37.5 Å². The molecule has 0 bridgehead atoms. The molecule has 108 valence electrons. The minimum atomic E-state index is -1.04. The predicted molar refractivity (Wildman–Crippen MR) is 76.6 cm³/mol. The Morgan fingerprint density at radius 3 is 2.50 bits per heavy atom. The molecule has 0 spiro atoms. The van der Waals surface area contributed by atoms with Crippen LogP contribution in [0, 0.1) is 0 Å². The van der Waals surface area contributed by atoms with Gasteiger partial charge in [0.15, 0.2) is 0 Å². The van der Waals surface area contributed by atoms with Crippen molar-refractivity contribution in [1.82, 2.24) is 9.80 Å². The Morgan fingerprint density at radius 2 is 1.95 bits per heavy atom. The fourth-order valence-electron chi connectivity index (χ4n) is 1.34. The van der Waals surface area contributed by atoms with Crippen LogP contribution in [0.1, 0.15) is 15.2 Å². The van der Waals surface area contributed by atoms with Crippen molar-refractivity contribution >= 4 is 35.2 Å². The number of nitrogens with zero attached hydrogens (tertiary/aromatic N) is 2. The lowest BCUT2D eigenvalue weighted by Gasteiger charge is -2.18. The van der Waals surface area contributed by atoms with Crippen LogP contribution in [0.2, 0.25) is 0 Å². The van der Waals surface area contributed by atoms with E-state index in [1.807, 2.05) is 0 Å². The van der Waals surface area contributed by atoms with E-state index in [4.69, 9.17) is 5.11 Å². The lowest BCUT2D eigenvalue weighted by atomic mass is 10.2. The highest BCUT2D eigenvalue weighted by Crippen LogP contribution is 2.17. The van der Waals surface area contributed by atoms with E-state index in [0.29, 0.717) is 10.4 Å². The molecule has 20 heavy (non-hydrogen) atoms. The first kappa shape index (κ1) is 15.9. The van der Waals surface area contributed by atoms with E-state index in [9.17, 15) is 14.4 Å². The first-order chi connectivity index (χ1) is 9.31. The van der Waals surface area contributed by atoms with Gasteiger partial charge in [-0.1, -0.05) is 0 Å². The molecule has 1 heterocycles. The normalized spacial score (nSPS) is 10.6. The van der Waals surface area contributed by atoms with Crippen molar-refractivity contribution in [3.8, 4) is 0 Å². The highest BCUT2D eigenvalue weighted by atomic mass is 32.1. The molecule has 0 saturated heterocycles. The highest BCUT2D eigenvalue weighted by molar-refractivity contribution is 7.11. The maximum absolute atomic E-state index is 12.1. The van der Waals surface area contributed by atoms with Crippen molar-refractivity contribution in [2.45, 2.75) is 0 Å². The number of rotatable bonds is 5. The molecular formula is C13H16N2O4S. The molecule has 0 aliphatic carbocycles. The van der Waals surface area contributed by atoms with Gasteiger partial charge >= 0.3 is 5.97 Å². The van der Waals surface area contributed by atoms with Crippen LogP contribution >= 0.6 is 11.3 Å². The second-order valence-corrected chi connectivity index (χ2v) is 5.30. The van der Waals surface area contributed by atoms with Gasteiger partial charge in [0.1, 0.15) is 0 Å². The SMILES string of the molecule is CN(C)C(=O)CN(C)C(=O)c1csc(C=CC(=O)O)c1. The van der Waals surface area contributed by atoms with Crippen LogP contribution in [0.3, 0.4) is 0 Å². The monoisotopic (exact) mass is 296 g/mol. The number of carboxylic acids is 1. The van der Waals surface area contributed by atoms with Crippen LogP contribution in [0.4, 0.5) is 0 Å². The summed E-state index contributed by atoms with van der Waals surface area (Å²) in [5.74, 6) is -1.48. The largest absolute Gasteiger partial charge is 0.478 e. The van der Waals surface area contributed by atoms with E-state index in [1.54, 1.807) is 32.6 Å². The van der Waals surface area contributed by atoms with Gasteiger partial charge in [-0.15, -0.1) is 11.3 Å². The molecule has 0 fully saturated rings. The standard InChI is InChI=1S/C13H16N2O4S/c1-14(2)11(16)7-15(3)13(19)9-6-10(20-8-9)4-5-12(17)18/h4-6,8H,7H2,1-3H3,(H,17,18). The molecule has 0 aliphatic heterocycles. The zero-order chi connectivity index (χ0) is 15.3. The van der Waals surface area contributed by atoms with Crippen molar-refractivity contribution in [3.63, 3.8) is 0 Å². The number of aliphatic carboxylic acids is 1. The number of hydrogen-bond acceptors (Lipinski definition) is 4. The zero-order valence-corrected chi connectivity index (χ0v) is 12.3. The number of amides is 2. The van der Waals surface area contributed by atoms with Gasteiger partial charge in [-0.3, -0.25) is 9.59 Å². The Morgan fingerprint density at radius 1 is 1.30 bits per heavy atom. The number of hydrogen-bond donors (Lipinski definition) is 1. The summed E-state index contributed by atoms with van der Waals surface area (Å²) in [6.07, 6.45) is 2.44. The third-order valence-corrected chi connectivity index (χ3v) is 3.37. The summed E-state index contributed by atoms with van der Waals surface area (Å²) in [6.45, 7) is 0.00196. The summed E-state index contributed by atoms with van der Waals surface area (Å²) < 4.78 is 0. The van der Waals surface area contributed by atoms with Crippen molar-refractivity contribution in [1.29, 1.82) is 0 Å². The quantitative estimate of drug-likeness (QED) is 0.822. The van der Waals surface area contributed by atoms with Crippen LogP contribution in [-0.2, 0) is 9.59 Å². The van der Waals surface area contributed by atoms with Crippen molar-refractivity contribution in [3.05, 3.63) is 28.0 Å². The van der Waals surface area contributed by atoms with Crippen LogP contribution in [0.5, 0.6) is 0 Å². The first-order valence-corrected chi connectivity index (χ1v) is 6.64. The molecule has 0 unspecified atom stereocenters. The van der Waals surface area contributed by atoms with Gasteiger partial charge in [0.25, 0.3) is 5.91 Å². The Balaban J connectivity index is 2.73. The summed E-state index contributed by atoms with van der Waals surface area (Å²) in [5, 5.41) is 10.2. The molecule has 1 rings (SSSR count). The molecule has 0 aromatic carbocycles. The summed E-state index contributed by atoms with van der Waals surface area (Å²) in [7, 11) is 4.80. The van der Waals surface area contributed by atoms with E-state index in [2.05, 4.69) is 0 Å². The molecular weight excluding hydrogens is 280 g/mol. The summed E-state index contributed by atoms with van der Waals surface area (Å²) in [4.78, 5) is 37.4. The van der Waals surface area contributed by atoms with Gasteiger partial charge in [-0.2, -0.15) is 0 Å². The van der Waals surface area contributed by atoms with E-state index in [-0.39, 0.29) is 18.4 Å². The Hall–Kier alpha value is -2.15. The Labute approximate surface area is 120 Å². The van der Waals surface area contributed by atoms with Gasteiger partial charge in [0.2, 0.25) is 5.91 Å². The van der Waals surface area contributed by atoms with Crippen molar-refractivity contribution in [2.75, 3.05) is 27.7 Å². The molecule has 1 aromatic rings. The predicted octanol–water partition coefficient (Wildman–Crippen LogP) is 1.01. The smallest absolute Gasteiger partial charge is 0.328 e. The van der Waals surface area contributed by atoms with Gasteiger partial charge in [-0.05, 0) is 12.1 Å². The topological polar surface area (TPSA) is 77.9 Å². The Kier molecular flexibility index (Phi) is 5.45. The third kappa shape index (κ3) is 4.51. The molecule has 0 saturated carbocycles. The maximum atomic E-state index is 12.1. The molecule has 0 aliphatic rings. The van der Waals surface area contributed by atoms with Crippen LogP contribution in [0.15, 0.2) is 17.5 Å². The minimum Gasteiger partial charge on any atom is -0.478 e. The first-order valence-electron chi connectivity index (χ1n) is 5.76. The molecule has 2 amide bonds. The maximum Gasteiger partial charge on any atom is 0.328 e. The van der Waals surface area contributed by atoms with E-state index >= 15 is 0 Å². The fraction of sp³-hybridized carbons (Fsp3) is 0.308. The molecule has 1 N–H and O–H groups in total. The highest BCUT2D eigenvalue weighted by Gasteiger charge is 2.16. The zero-order valence-electron chi connectivity index (χ0n) is 11.5. The third-order valence-electron chi connectivity index (χ3n) is 2.47. The molecule has 6 nitrogen and oxygen atoms in total. The van der Waals surface area contributed by atoms with Gasteiger partial charge in [-0.25, -0.2) is 4.79 Å². The average Bonchev–Trinajstić information content (AvgIpc) is 2.83. The minimum absolute atomic E-state index is 0.00196.